The average Bonchev–Trinajstić information content (AvgIpc) is 3.13. The summed E-state index contributed by atoms with van der Waals surface area (Å²) in [5.74, 6) is -0.0363. The molecule has 6 heteroatoms. The third kappa shape index (κ3) is 2.50. The van der Waals surface area contributed by atoms with Crippen LogP contribution < -0.4 is 5.32 Å². The molecule has 0 saturated carbocycles. The summed E-state index contributed by atoms with van der Waals surface area (Å²) in [4.78, 5) is 12.4. The number of carbonyl (C=O) groups is 1. The Morgan fingerprint density at radius 2 is 2.30 bits per heavy atom. The van der Waals surface area contributed by atoms with E-state index in [1.165, 1.54) is 5.69 Å². The maximum atomic E-state index is 12.4. The molecule has 1 aliphatic carbocycles. The second-order valence-electron chi connectivity index (χ2n) is 5.98. The van der Waals surface area contributed by atoms with E-state index in [2.05, 4.69) is 15.6 Å². The van der Waals surface area contributed by atoms with E-state index in [4.69, 9.17) is 4.52 Å². The van der Waals surface area contributed by atoms with Gasteiger partial charge in [-0.3, -0.25) is 9.48 Å². The number of aryl methyl sites for hydroxylation is 1. The van der Waals surface area contributed by atoms with Gasteiger partial charge < -0.3 is 9.84 Å². The number of nitrogens with zero attached hydrogens (tertiary/aromatic N) is 3. The van der Waals surface area contributed by atoms with Crippen LogP contribution in [0.2, 0.25) is 0 Å². The summed E-state index contributed by atoms with van der Waals surface area (Å²) in [6.07, 6.45) is 5.12. The highest BCUT2D eigenvalue weighted by Gasteiger charge is 2.25. The molecule has 6 nitrogen and oxygen atoms in total. The number of nitrogens with one attached hydrogen (secondary N) is 1. The lowest BCUT2D eigenvalue weighted by atomic mass is 9.93. The van der Waals surface area contributed by atoms with Crippen molar-refractivity contribution >= 4 is 16.9 Å². The lowest BCUT2D eigenvalue weighted by Crippen LogP contribution is -2.32. The molecule has 1 amide bonds. The lowest BCUT2D eigenvalue weighted by Gasteiger charge is -2.23. The van der Waals surface area contributed by atoms with E-state index >= 15 is 0 Å². The molecule has 4 rings (SSSR count). The summed E-state index contributed by atoms with van der Waals surface area (Å²) >= 11 is 0. The van der Waals surface area contributed by atoms with Crippen molar-refractivity contribution in [2.24, 2.45) is 7.05 Å². The standard InChI is InChI=1S/C17H18N4O2/c1-21-15-7-4-6-13(12(15)10-18-21)19-17(22)9-14-11-5-2-3-8-16(11)23-20-14/h2-3,5,8,10,13H,4,6-7,9H2,1H3,(H,19,22). The summed E-state index contributed by atoms with van der Waals surface area (Å²) < 4.78 is 7.16. The fourth-order valence-corrected chi connectivity index (χ4v) is 3.32. The van der Waals surface area contributed by atoms with Gasteiger partial charge in [0.25, 0.3) is 0 Å². The summed E-state index contributed by atoms with van der Waals surface area (Å²) in [6, 6.07) is 7.63. The third-order valence-electron chi connectivity index (χ3n) is 4.49. The van der Waals surface area contributed by atoms with Crippen molar-refractivity contribution in [2.45, 2.75) is 31.7 Å². The van der Waals surface area contributed by atoms with E-state index in [-0.39, 0.29) is 18.4 Å². The van der Waals surface area contributed by atoms with Crippen molar-refractivity contribution in [1.82, 2.24) is 20.3 Å². The Hall–Kier alpha value is -2.63. The van der Waals surface area contributed by atoms with Crippen molar-refractivity contribution in [2.75, 3.05) is 0 Å². The van der Waals surface area contributed by atoms with Gasteiger partial charge in [-0.1, -0.05) is 17.3 Å². The quantitative estimate of drug-likeness (QED) is 0.805. The van der Waals surface area contributed by atoms with Gasteiger partial charge >= 0.3 is 0 Å². The van der Waals surface area contributed by atoms with Gasteiger partial charge in [-0.05, 0) is 31.4 Å². The first-order chi connectivity index (χ1) is 11.2. The van der Waals surface area contributed by atoms with Crippen LogP contribution in [0.25, 0.3) is 11.0 Å². The zero-order chi connectivity index (χ0) is 15.8. The first-order valence-corrected chi connectivity index (χ1v) is 7.86. The number of carbonyl (C=O) groups excluding carboxylic acids is 1. The van der Waals surface area contributed by atoms with Crippen LogP contribution in [0, 0.1) is 0 Å². The minimum atomic E-state index is -0.0363. The van der Waals surface area contributed by atoms with Crippen molar-refractivity contribution < 1.29 is 9.32 Å². The maximum absolute atomic E-state index is 12.4. The van der Waals surface area contributed by atoms with Crippen LogP contribution in [0.5, 0.6) is 0 Å². The van der Waals surface area contributed by atoms with Crippen LogP contribution in [0.1, 0.15) is 35.8 Å². The molecular weight excluding hydrogens is 292 g/mol. The first kappa shape index (κ1) is 14.0. The van der Waals surface area contributed by atoms with E-state index in [1.807, 2.05) is 42.2 Å². The highest BCUT2D eigenvalue weighted by Crippen LogP contribution is 2.29. The van der Waals surface area contributed by atoms with Gasteiger partial charge in [0.05, 0.1) is 18.7 Å². The van der Waals surface area contributed by atoms with Gasteiger partial charge in [-0.2, -0.15) is 5.10 Å². The number of hydrogen-bond donors (Lipinski definition) is 1. The zero-order valence-corrected chi connectivity index (χ0v) is 13.0. The normalized spacial score (nSPS) is 17.2. The molecule has 0 radical (unpaired) electrons. The van der Waals surface area contributed by atoms with Crippen molar-refractivity contribution in [3.05, 3.63) is 47.4 Å². The highest BCUT2D eigenvalue weighted by molar-refractivity contribution is 5.86. The topological polar surface area (TPSA) is 73.0 Å². The fourth-order valence-electron chi connectivity index (χ4n) is 3.32. The van der Waals surface area contributed by atoms with Crippen molar-refractivity contribution in [1.29, 1.82) is 0 Å². The molecule has 23 heavy (non-hydrogen) atoms. The molecule has 1 unspecified atom stereocenters. The van der Waals surface area contributed by atoms with Crippen LogP contribution >= 0.6 is 0 Å². The number of aromatic nitrogens is 3. The van der Waals surface area contributed by atoms with Crippen LogP contribution in [-0.4, -0.2) is 20.8 Å². The predicted octanol–water partition coefficient (Wildman–Crippen LogP) is 2.30. The van der Waals surface area contributed by atoms with Crippen LogP contribution in [0.4, 0.5) is 0 Å². The molecule has 1 aromatic carbocycles. The van der Waals surface area contributed by atoms with Crippen LogP contribution in [-0.2, 0) is 24.7 Å². The Balaban J connectivity index is 1.51. The highest BCUT2D eigenvalue weighted by atomic mass is 16.5. The number of benzene rings is 1. The Kier molecular flexibility index (Phi) is 3.37. The monoisotopic (exact) mass is 310 g/mol. The maximum Gasteiger partial charge on any atom is 0.226 e. The third-order valence-corrected chi connectivity index (χ3v) is 4.49. The van der Waals surface area contributed by atoms with Gasteiger partial charge in [0, 0.05) is 23.7 Å². The number of amides is 1. The van der Waals surface area contributed by atoms with E-state index in [1.54, 1.807) is 0 Å². The molecule has 1 atom stereocenters. The predicted molar refractivity (Wildman–Crippen MR) is 84.7 cm³/mol. The van der Waals surface area contributed by atoms with Crippen molar-refractivity contribution in [3.8, 4) is 0 Å². The van der Waals surface area contributed by atoms with Crippen LogP contribution in [0.15, 0.2) is 35.0 Å². The van der Waals surface area contributed by atoms with Gasteiger partial charge in [0.1, 0.15) is 5.69 Å². The molecule has 118 valence electrons. The Bertz CT molecular complexity index is 864. The van der Waals surface area contributed by atoms with Crippen LogP contribution in [0.3, 0.4) is 0 Å². The second-order valence-corrected chi connectivity index (χ2v) is 5.98. The number of rotatable bonds is 3. The Morgan fingerprint density at radius 3 is 3.22 bits per heavy atom. The minimum absolute atomic E-state index is 0.0363. The van der Waals surface area contributed by atoms with E-state index in [0.717, 1.165) is 30.2 Å². The molecule has 2 heterocycles. The van der Waals surface area contributed by atoms with Crippen molar-refractivity contribution in [3.63, 3.8) is 0 Å². The van der Waals surface area contributed by atoms with Gasteiger partial charge in [0.15, 0.2) is 5.58 Å². The average molecular weight is 310 g/mol. The van der Waals surface area contributed by atoms with E-state index in [0.29, 0.717) is 11.3 Å². The Labute approximate surface area is 133 Å². The molecular formula is C17H18N4O2. The summed E-state index contributed by atoms with van der Waals surface area (Å²) in [5, 5.41) is 12.3. The molecule has 0 bridgehead atoms. The zero-order valence-electron chi connectivity index (χ0n) is 13.0. The molecule has 0 spiro atoms. The molecule has 0 saturated heterocycles. The molecule has 1 aliphatic rings. The minimum Gasteiger partial charge on any atom is -0.356 e. The van der Waals surface area contributed by atoms with Gasteiger partial charge in [0.2, 0.25) is 5.91 Å². The smallest absolute Gasteiger partial charge is 0.226 e. The first-order valence-electron chi connectivity index (χ1n) is 7.86. The lowest BCUT2D eigenvalue weighted by molar-refractivity contribution is -0.121. The summed E-state index contributed by atoms with van der Waals surface area (Å²) in [5.41, 5.74) is 3.74. The number of fused-ring (bicyclic) bond motifs is 2. The molecule has 3 aromatic rings. The van der Waals surface area contributed by atoms with E-state index in [9.17, 15) is 4.79 Å². The largest absolute Gasteiger partial charge is 0.356 e. The summed E-state index contributed by atoms with van der Waals surface area (Å²) in [7, 11) is 1.95. The van der Waals surface area contributed by atoms with Gasteiger partial charge in [-0.15, -0.1) is 0 Å². The molecule has 0 fully saturated rings. The fraction of sp³-hybridized carbons (Fsp3) is 0.353. The summed E-state index contributed by atoms with van der Waals surface area (Å²) in [6.45, 7) is 0. The number of hydrogen-bond acceptors (Lipinski definition) is 4. The molecule has 2 aromatic heterocycles. The SMILES string of the molecule is Cn1ncc2c1CCCC2NC(=O)Cc1noc2ccccc12. The second kappa shape index (κ2) is 5.53. The molecule has 1 N–H and O–H groups in total. The number of para-hydroxylation sites is 1. The van der Waals surface area contributed by atoms with E-state index < -0.39 is 0 Å². The van der Waals surface area contributed by atoms with Gasteiger partial charge in [-0.25, -0.2) is 0 Å². The molecule has 0 aliphatic heterocycles. The Morgan fingerprint density at radius 1 is 1.43 bits per heavy atom.